The van der Waals surface area contributed by atoms with Gasteiger partial charge < -0.3 is 9.47 Å². The number of benzene rings is 1. The maximum absolute atomic E-state index is 5.60. The van der Waals surface area contributed by atoms with Crippen LogP contribution in [0.1, 0.15) is 5.56 Å². The van der Waals surface area contributed by atoms with Crippen molar-refractivity contribution in [2.24, 2.45) is 0 Å². The van der Waals surface area contributed by atoms with Crippen molar-refractivity contribution in [2.75, 3.05) is 13.2 Å². The summed E-state index contributed by atoms with van der Waals surface area (Å²) in [5.41, 5.74) is 1.22. The van der Waals surface area contributed by atoms with Crippen molar-refractivity contribution in [2.45, 2.75) is 6.54 Å². The maximum atomic E-state index is 5.60. The van der Waals surface area contributed by atoms with Gasteiger partial charge in [-0.2, -0.15) is 4.57 Å². The van der Waals surface area contributed by atoms with Gasteiger partial charge in [0.2, 0.25) is 0 Å². The molecule has 2 aromatic rings. The average molecular weight is 229 g/mol. The van der Waals surface area contributed by atoms with Gasteiger partial charge in [-0.25, -0.2) is 4.98 Å². The van der Waals surface area contributed by atoms with E-state index in [9.17, 15) is 0 Å². The van der Waals surface area contributed by atoms with Crippen molar-refractivity contribution in [3.8, 4) is 11.8 Å². The highest BCUT2D eigenvalue weighted by Crippen LogP contribution is 2.22. The minimum absolute atomic E-state index is 0.565. The zero-order valence-corrected chi connectivity index (χ0v) is 9.37. The van der Waals surface area contributed by atoms with Gasteiger partial charge in [0, 0.05) is 5.56 Å². The smallest absolute Gasteiger partial charge is 0.432 e. The number of ether oxygens (including phenoxy) is 2. The molecule has 0 aliphatic carbocycles. The number of fused-ring (bicyclic) bond motifs is 1. The summed E-state index contributed by atoms with van der Waals surface area (Å²) in [6.07, 6.45) is 3.64. The fraction of sp³-hybridized carbons (Fsp3) is 0.231. The summed E-state index contributed by atoms with van der Waals surface area (Å²) in [7, 11) is 0. The summed E-state index contributed by atoms with van der Waals surface area (Å²) >= 11 is 0. The molecular formula is C13H13N2O2+. The van der Waals surface area contributed by atoms with E-state index in [4.69, 9.17) is 9.47 Å². The normalized spacial score (nSPS) is 13.4. The van der Waals surface area contributed by atoms with E-state index in [2.05, 4.69) is 17.1 Å². The third kappa shape index (κ3) is 2.06. The van der Waals surface area contributed by atoms with Crippen molar-refractivity contribution in [1.29, 1.82) is 0 Å². The van der Waals surface area contributed by atoms with Crippen LogP contribution >= 0.6 is 0 Å². The third-order valence-electron chi connectivity index (χ3n) is 2.64. The minimum atomic E-state index is 0.565. The van der Waals surface area contributed by atoms with Gasteiger partial charge >= 0.3 is 11.8 Å². The molecular weight excluding hydrogens is 216 g/mol. The standard InChI is InChI=1S/C13H13N2O2/c1-2-4-11(5-3-1)10-15-7-6-14-12-13(15)17-9-8-16-12/h1-7H,8-10H2/q+1. The van der Waals surface area contributed by atoms with Gasteiger partial charge in [0.15, 0.2) is 12.7 Å². The summed E-state index contributed by atoms with van der Waals surface area (Å²) in [6.45, 7) is 1.90. The van der Waals surface area contributed by atoms with Gasteiger partial charge in [-0.05, 0) is 0 Å². The Balaban J connectivity index is 1.93. The van der Waals surface area contributed by atoms with Gasteiger partial charge in [-0.1, -0.05) is 30.3 Å². The molecule has 1 aliphatic rings. The van der Waals surface area contributed by atoms with Crippen LogP contribution in [0.3, 0.4) is 0 Å². The molecule has 0 bridgehead atoms. The molecule has 0 saturated heterocycles. The summed E-state index contributed by atoms with van der Waals surface area (Å²) in [5.74, 6) is 1.29. The highest BCUT2D eigenvalue weighted by Gasteiger charge is 2.24. The first-order valence-corrected chi connectivity index (χ1v) is 5.61. The van der Waals surface area contributed by atoms with E-state index in [0.717, 1.165) is 6.54 Å². The second kappa shape index (κ2) is 4.41. The lowest BCUT2D eigenvalue weighted by Gasteiger charge is -2.14. The molecule has 86 valence electrons. The summed E-state index contributed by atoms with van der Waals surface area (Å²) in [4.78, 5) is 4.15. The molecule has 1 aromatic heterocycles. The van der Waals surface area contributed by atoms with Crippen LogP contribution in [0, 0.1) is 0 Å². The predicted molar refractivity (Wildman–Crippen MR) is 61.0 cm³/mol. The van der Waals surface area contributed by atoms with Crippen LogP contribution in [0.4, 0.5) is 0 Å². The van der Waals surface area contributed by atoms with E-state index >= 15 is 0 Å². The molecule has 0 atom stereocenters. The molecule has 1 aliphatic heterocycles. The quantitative estimate of drug-likeness (QED) is 0.726. The molecule has 1 aromatic carbocycles. The van der Waals surface area contributed by atoms with Gasteiger partial charge in [-0.3, -0.25) is 0 Å². The van der Waals surface area contributed by atoms with E-state index in [1.165, 1.54) is 5.56 Å². The molecule has 0 saturated carbocycles. The average Bonchev–Trinajstić information content (AvgIpc) is 2.40. The van der Waals surface area contributed by atoms with Gasteiger partial charge in [0.25, 0.3) is 0 Å². The Bertz CT molecular complexity index is 514. The second-order valence-electron chi connectivity index (χ2n) is 3.85. The third-order valence-corrected chi connectivity index (χ3v) is 2.64. The molecule has 0 fully saturated rings. The molecule has 4 nitrogen and oxygen atoms in total. The first-order valence-electron chi connectivity index (χ1n) is 5.61. The first kappa shape index (κ1) is 10.1. The lowest BCUT2D eigenvalue weighted by molar-refractivity contribution is -0.695. The topological polar surface area (TPSA) is 35.2 Å². The SMILES string of the molecule is c1ccc(C[n+]2ccnc3c2OCCO3)cc1. The molecule has 0 radical (unpaired) electrons. The van der Waals surface area contributed by atoms with E-state index in [1.54, 1.807) is 6.20 Å². The van der Waals surface area contributed by atoms with Crippen LogP contribution in [0.5, 0.6) is 11.8 Å². The highest BCUT2D eigenvalue weighted by atomic mass is 16.6. The predicted octanol–water partition coefficient (Wildman–Crippen LogP) is 1.19. The van der Waals surface area contributed by atoms with Crippen LogP contribution < -0.4 is 14.0 Å². The minimum Gasteiger partial charge on any atom is -0.467 e. The van der Waals surface area contributed by atoms with E-state index in [0.29, 0.717) is 25.0 Å². The first-order chi connectivity index (χ1) is 8.43. The van der Waals surface area contributed by atoms with Crippen LogP contribution in [0.15, 0.2) is 42.7 Å². The Kier molecular flexibility index (Phi) is 2.62. The Morgan fingerprint density at radius 2 is 1.94 bits per heavy atom. The monoisotopic (exact) mass is 229 g/mol. The summed E-state index contributed by atoms with van der Waals surface area (Å²) < 4.78 is 13.1. The molecule has 2 heterocycles. The van der Waals surface area contributed by atoms with Crippen LogP contribution in [0.25, 0.3) is 0 Å². The van der Waals surface area contributed by atoms with Crippen LogP contribution in [-0.4, -0.2) is 18.2 Å². The molecule has 17 heavy (non-hydrogen) atoms. The second-order valence-corrected chi connectivity index (χ2v) is 3.85. The van der Waals surface area contributed by atoms with Crippen molar-refractivity contribution < 1.29 is 14.0 Å². The summed E-state index contributed by atoms with van der Waals surface area (Å²) in [5, 5.41) is 0. The van der Waals surface area contributed by atoms with Crippen LogP contribution in [-0.2, 0) is 6.54 Å². The van der Waals surface area contributed by atoms with Gasteiger partial charge in [0.1, 0.15) is 13.2 Å². The molecule has 0 N–H and O–H groups in total. The fourth-order valence-electron chi connectivity index (χ4n) is 1.85. The Labute approximate surface area is 99.5 Å². The van der Waals surface area contributed by atoms with Gasteiger partial charge in [-0.15, -0.1) is 0 Å². The Morgan fingerprint density at radius 3 is 2.82 bits per heavy atom. The molecule has 0 unspecified atom stereocenters. The number of nitrogens with zero attached hydrogens (tertiary/aromatic N) is 2. The van der Waals surface area contributed by atoms with E-state index < -0.39 is 0 Å². The number of aromatic nitrogens is 2. The van der Waals surface area contributed by atoms with Crippen molar-refractivity contribution in [1.82, 2.24) is 4.98 Å². The lowest BCUT2D eigenvalue weighted by Crippen LogP contribution is -2.39. The summed E-state index contributed by atoms with van der Waals surface area (Å²) in [6, 6.07) is 10.2. The van der Waals surface area contributed by atoms with Crippen molar-refractivity contribution in [3.63, 3.8) is 0 Å². The maximum Gasteiger partial charge on any atom is 0.432 e. The van der Waals surface area contributed by atoms with Crippen molar-refractivity contribution >= 4 is 0 Å². The highest BCUT2D eigenvalue weighted by molar-refractivity contribution is 5.21. The Hall–Kier alpha value is -2.10. The molecule has 0 spiro atoms. The molecule has 4 heteroatoms. The lowest BCUT2D eigenvalue weighted by atomic mass is 10.2. The fourth-order valence-corrected chi connectivity index (χ4v) is 1.85. The molecule has 3 rings (SSSR count). The van der Waals surface area contributed by atoms with Crippen molar-refractivity contribution in [3.05, 3.63) is 48.3 Å². The van der Waals surface area contributed by atoms with Crippen LogP contribution in [0.2, 0.25) is 0 Å². The van der Waals surface area contributed by atoms with E-state index in [-0.39, 0.29) is 0 Å². The zero-order valence-electron chi connectivity index (χ0n) is 9.37. The van der Waals surface area contributed by atoms with E-state index in [1.807, 2.05) is 29.0 Å². The largest absolute Gasteiger partial charge is 0.467 e. The Morgan fingerprint density at radius 1 is 1.12 bits per heavy atom. The zero-order chi connectivity index (χ0) is 11.5. The number of rotatable bonds is 2. The molecule has 0 amide bonds. The number of hydrogen-bond donors (Lipinski definition) is 0. The van der Waals surface area contributed by atoms with Gasteiger partial charge in [0.05, 0.1) is 6.20 Å². The number of hydrogen-bond acceptors (Lipinski definition) is 3.